The van der Waals surface area contributed by atoms with Crippen LogP contribution in [0.5, 0.6) is 0 Å². The molecule has 0 spiro atoms. The number of hydrogen-bond donors (Lipinski definition) is 2. The molecule has 2 aliphatic rings. The zero-order valence-corrected chi connectivity index (χ0v) is 11.6. The molecule has 2 fully saturated rings. The number of ether oxygens (including phenoxy) is 1. The van der Waals surface area contributed by atoms with Crippen LogP contribution < -0.4 is 10.6 Å². The van der Waals surface area contributed by atoms with Crippen LogP contribution in [-0.4, -0.2) is 38.3 Å². The molecule has 2 rings (SSSR count). The Hall–Kier alpha value is -0.610. The summed E-state index contributed by atoms with van der Waals surface area (Å²) in [5.74, 6) is 1.55. The summed E-state index contributed by atoms with van der Waals surface area (Å²) in [6.45, 7) is 8.07. The molecule has 0 aromatic heterocycles. The summed E-state index contributed by atoms with van der Waals surface area (Å²) in [5.41, 5.74) is 0. The maximum Gasteiger partial charge on any atom is 0.225 e. The van der Waals surface area contributed by atoms with E-state index in [1.165, 1.54) is 6.42 Å². The van der Waals surface area contributed by atoms with E-state index in [2.05, 4.69) is 24.5 Å². The predicted octanol–water partition coefficient (Wildman–Crippen LogP) is 1.16. The quantitative estimate of drug-likeness (QED) is 0.791. The van der Waals surface area contributed by atoms with Gasteiger partial charge >= 0.3 is 0 Å². The first-order valence-corrected chi connectivity index (χ1v) is 7.32. The zero-order valence-electron chi connectivity index (χ0n) is 11.6. The summed E-state index contributed by atoms with van der Waals surface area (Å²) in [4.78, 5) is 12.2. The molecule has 104 valence electrons. The lowest BCUT2D eigenvalue weighted by molar-refractivity contribution is -0.127. The largest absolute Gasteiger partial charge is 0.377 e. The van der Waals surface area contributed by atoms with Gasteiger partial charge in [-0.15, -0.1) is 0 Å². The molecule has 4 nitrogen and oxygen atoms in total. The van der Waals surface area contributed by atoms with E-state index in [1.54, 1.807) is 0 Å². The average molecular weight is 254 g/mol. The molecule has 2 N–H and O–H groups in total. The summed E-state index contributed by atoms with van der Waals surface area (Å²) in [6.07, 6.45) is 3.11. The SMILES string of the molecule is CCC1OCCC1C(=O)NCC1CCNCC1C. The van der Waals surface area contributed by atoms with Gasteiger partial charge in [0, 0.05) is 13.2 Å². The smallest absolute Gasteiger partial charge is 0.225 e. The summed E-state index contributed by atoms with van der Waals surface area (Å²) < 4.78 is 5.58. The zero-order chi connectivity index (χ0) is 13.0. The van der Waals surface area contributed by atoms with Gasteiger partial charge in [-0.2, -0.15) is 0 Å². The Morgan fingerprint density at radius 1 is 1.44 bits per heavy atom. The van der Waals surface area contributed by atoms with Crippen molar-refractivity contribution in [3.8, 4) is 0 Å². The fourth-order valence-corrected chi connectivity index (χ4v) is 3.09. The Morgan fingerprint density at radius 3 is 3.00 bits per heavy atom. The van der Waals surface area contributed by atoms with Crippen molar-refractivity contribution in [1.82, 2.24) is 10.6 Å². The lowest BCUT2D eigenvalue weighted by Gasteiger charge is -2.30. The summed E-state index contributed by atoms with van der Waals surface area (Å²) in [7, 11) is 0. The van der Waals surface area contributed by atoms with Gasteiger partial charge in [-0.3, -0.25) is 4.79 Å². The topological polar surface area (TPSA) is 50.4 Å². The van der Waals surface area contributed by atoms with Crippen LogP contribution in [0.15, 0.2) is 0 Å². The Labute approximate surface area is 110 Å². The molecule has 4 heteroatoms. The maximum atomic E-state index is 12.2. The molecular formula is C14H26N2O2. The predicted molar refractivity (Wildman–Crippen MR) is 71.3 cm³/mol. The van der Waals surface area contributed by atoms with E-state index in [9.17, 15) is 4.79 Å². The van der Waals surface area contributed by atoms with Crippen molar-refractivity contribution in [3.05, 3.63) is 0 Å². The standard InChI is InChI=1S/C14H26N2O2/c1-3-13-12(5-7-18-13)14(17)16-9-11-4-6-15-8-10(11)2/h10-13,15H,3-9H2,1-2H3,(H,16,17). The van der Waals surface area contributed by atoms with Crippen LogP contribution in [-0.2, 0) is 9.53 Å². The molecule has 4 unspecified atom stereocenters. The van der Waals surface area contributed by atoms with Gasteiger partial charge in [0.05, 0.1) is 12.0 Å². The maximum absolute atomic E-state index is 12.2. The minimum atomic E-state index is 0.0759. The second-order valence-electron chi connectivity index (χ2n) is 5.69. The summed E-state index contributed by atoms with van der Waals surface area (Å²) >= 11 is 0. The van der Waals surface area contributed by atoms with E-state index in [0.717, 1.165) is 39.1 Å². The number of carbonyl (C=O) groups is 1. The minimum Gasteiger partial charge on any atom is -0.377 e. The number of piperidine rings is 1. The molecule has 2 heterocycles. The van der Waals surface area contributed by atoms with Crippen molar-refractivity contribution in [1.29, 1.82) is 0 Å². The number of rotatable bonds is 4. The lowest BCUT2D eigenvalue weighted by Crippen LogP contribution is -2.43. The molecule has 1 amide bonds. The van der Waals surface area contributed by atoms with Gasteiger partial charge < -0.3 is 15.4 Å². The monoisotopic (exact) mass is 254 g/mol. The minimum absolute atomic E-state index is 0.0759. The van der Waals surface area contributed by atoms with E-state index in [-0.39, 0.29) is 17.9 Å². The summed E-state index contributed by atoms with van der Waals surface area (Å²) in [6, 6.07) is 0. The van der Waals surface area contributed by atoms with Crippen molar-refractivity contribution in [2.45, 2.75) is 39.2 Å². The van der Waals surface area contributed by atoms with Crippen LogP contribution >= 0.6 is 0 Å². The second kappa shape index (κ2) is 6.53. The summed E-state index contributed by atoms with van der Waals surface area (Å²) in [5, 5.41) is 6.53. The fourth-order valence-electron chi connectivity index (χ4n) is 3.09. The van der Waals surface area contributed by atoms with Crippen LogP contribution in [0.25, 0.3) is 0 Å². The van der Waals surface area contributed by atoms with E-state index in [1.807, 2.05) is 0 Å². The van der Waals surface area contributed by atoms with Crippen LogP contribution in [0.4, 0.5) is 0 Å². The van der Waals surface area contributed by atoms with Crippen molar-refractivity contribution in [3.63, 3.8) is 0 Å². The normalized spacial score (nSPS) is 36.6. The Balaban J connectivity index is 1.77. The molecule has 0 saturated carbocycles. The first kappa shape index (κ1) is 13.8. The highest BCUT2D eigenvalue weighted by Gasteiger charge is 2.33. The highest BCUT2D eigenvalue weighted by atomic mass is 16.5. The van der Waals surface area contributed by atoms with Gasteiger partial charge in [0.15, 0.2) is 0 Å². The van der Waals surface area contributed by atoms with E-state index in [0.29, 0.717) is 11.8 Å². The van der Waals surface area contributed by atoms with E-state index >= 15 is 0 Å². The molecule has 0 aromatic rings. The molecule has 0 aliphatic carbocycles. The lowest BCUT2D eigenvalue weighted by atomic mass is 9.87. The molecule has 0 bridgehead atoms. The Morgan fingerprint density at radius 2 is 2.28 bits per heavy atom. The Kier molecular flexibility index (Phi) is 5.01. The number of hydrogen-bond acceptors (Lipinski definition) is 3. The van der Waals surface area contributed by atoms with Gasteiger partial charge in [0.2, 0.25) is 5.91 Å². The molecule has 18 heavy (non-hydrogen) atoms. The molecule has 0 aromatic carbocycles. The fraction of sp³-hybridized carbons (Fsp3) is 0.929. The van der Waals surface area contributed by atoms with Gasteiger partial charge in [0.25, 0.3) is 0 Å². The molecular weight excluding hydrogens is 228 g/mol. The van der Waals surface area contributed by atoms with Gasteiger partial charge in [0.1, 0.15) is 0 Å². The highest BCUT2D eigenvalue weighted by Crippen LogP contribution is 2.24. The number of carbonyl (C=O) groups excluding carboxylic acids is 1. The molecule has 2 aliphatic heterocycles. The highest BCUT2D eigenvalue weighted by molar-refractivity contribution is 5.79. The first-order valence-electron chi connectivity index (χ1n) is 7.32. The van der Waals surface area contributed by atoms with Crippen LogP contribution in [0.2, 0.25) is 0 Å². The molecule has 0 radical (unpaired) electrons. The van der Waals surface area contributed by atoms with Crippen molar-refractivity contribution in [2.24, 2.45) is 17.8 Å². The van der Waals surface area contributed by atoms with Crippen LogP contribution in [0.3, 0.4) is 0 Å². The number of amides is 1. The van der Waals surface area contributed by atoms with Crippen LogP contribution in [0, 0.1) is 17.8 Å². The van der Waals surface area contributed by atoms with Crippen LogP contribution in [0.1, 0.15) is 33.1 Å². The van der Waals surface area contributed by atoms with Gasteiger partial charge in [-0.1, -0.05) is 13.8 Å². The van der Waals surface area contributed by atoms with Crippen molar-refractivity contribution >= 4 is 5.91 Å². The third kappa shape index (κ3) is 3.23. The Bertz CT molecular complexity index is 283. The average Bonchev–Trinajstić information content (AvgIpc) is 2.86. The third-order valence-electron chi connectivity index (χ3n) is 4.45. The number of nitrogens with one attached hydrogen (secondary N) is 2. The van der Waals surface area contributed by atoms with E-state index < -0.39 is 0 Å². The van der Waals surface area contributed by atoms with Crippen molar-refractivity contribution in [2.75, 3.05) is 26.2 Å². The second-order valence-corrected chi connectivity index (χ2v) is 5.69. The first-order chi connectivity index (χ1) is 8.72. The van der Waals surface area contributed by atoms with Gasteiger partial charge in [-0.05, 0) is 44.2 Å². The van der Waals surface area contributed by atoms with E-state index in [4.69, 9.17) is 4.74 Å². The van der Waals surface area contributed by atoms with Gasteiger partial charge in [-0.25, -0.2) is 0 Å². The third-order valence-corrected chi connectivity index (χ3v) is 4.45. The molecule has 2 saturated heterocycles. The van der Waals surface area contributed by atoms with Crippen molar-refractivity contribution < 1.29 is 9.53 Å². The molecule has 4 atom stereocenters.